The van der Waals surface area contributed by atoms with Crippen LogP contribution >= 0.6 is 0 Å². The molecular formula is C25H26N4O6. The van der Waals surface area contributed by atoms with Gasteiger partial charge in [-0.05, 0) is 30.5 Å². The van der Waals surface area contributed by atoms with Gasteiger partial charge in [0.1, 0.15) is 6.04 Å². The van der Waals surface area contributed by atoms with E-state index in [9.17, 15) is 24.3 Å². The van der Waals surface area contributed by atoms with Crippen molar-refractivity contribution in [3.05, 3.63) is 64.2 Å². The summed E-state index contributed by atoms with van der Waals surface area (Å²) in [6.45, 7) is 1.72. The molecule has 10 heteroatoms. The molecule has 2 aliphatic rings. The first-order valence-electron chi connectivity index (χ1n) is 11.6. The second-order valence-electron chi connectivity index (χ2n) is 9.34. The number of fused-ring (bicyclic) bond motifs is 5. The van der Waals surface area contributed by atoms with Gasteiger partial charge >= 0.3 is 11.9 Å². The third kappa shape index (κ3) is 4.44. The number of hydrogen-bond acceptors (Lipinski definition) is 5. The number of aliphatic carboxylic acids is 2. The summed E-state index contributed by atoms with van der Waals surface area (Å²) in [6.07, 6.45) is 2.25. The number of carboxylic acids is 2. The van der Waals surface area contributed by atoms with E-state index in [2.05, 4.69) is 10.3 Å². The van der Waals surface area contributed by atoms with E-state index in [-0.39, 0.29) is 30.2 Å². The highest BCUT2D eigenvalue weighted by molar-refractivity contribution is 5.96. The lowest BCUT2D eigenvalue weighted by molar-refractivity contribution is -0.145. The first-order valence-corrected chi connectivity index (χ1v) is 11.6. The van der Waals surface area contributed by atoms with E-state index in [0.717, 1.165) is 17.5 Å². The molecule has 10 nitrogen and oxygen atoms in total. The van der Waals surface area contributed by atoms with Gasteiger partial charge in [-0.2, -0.15) is 0 Å². The molecular weight excluding hydrogens is 452 g/mol. The van der Waals surface area contributed by atoms with E-state index in [1.807, 2.05) is 15.5 Å². The molecule has 0 aliphatic carbocycles. The Morgan fingerprint density at radius 1 is 1.09 bits per heavy atom. The average Bonchev–Trinajstić information content (AvgIpc) is 3.21. The largest absolute Gasteiger partial charge is 0.481 e. The highest BCUT2D eigenvalue weighted by Gasteiger charge is 2.40. The SMILES string of the molecule is O=C(O)CCC(=O)Nc1ccc2c([C@H](C(=O)O)N3C[C@@H]4C[C@@H](C3)c3cccc(=O)n3C4)c[nH]c2c1. The molecule has 1 fully saturated rings. The van der Waals surface area contributed by atoms with Crippen molar-refractivity contribution in [2.75, 3.05) is 18.4 Å². The van der Waals surface area contributed by atoms with Crippen LogP contribution in [0.5, 0.6) is 0 Å². The summed E-state index contributed by atoms with van der Waals surface area (Å²) in [5.74, 6) is -2.10. The topological polar surface area (TPSA) is 145 Å². The predicted octanol–water partition coefficient (Wildman–Crippen LogP) is 2.38. The van der Waals surface area contributed by atoms with E-state index in [1.54, 1.807) is 36.5 Å². The number of piperidine rings is 1. The minimum absolute atomic E-state index is 0.0112. The Bertz CT molecular complexity index is 1380. The zero-order chi connectivity index (χ0) is 24.7. The van der Waals surface area contributed by atoms with Crippen molar-refractivity contribution >= 4 is 34.4 Å². The van der Waals surface area contributed by atoms with Crippen molar-refractivity contribution in [3.63, 3.8) is 0 Å². The molecule has 1 amide bonds. The number of aromatic nitrogens is 2. The molecule has 0 radical (unpaired) electrons. The Morgan fingerprint density at radius 3 is 2.69 bits per heavy atom. The average molecular weight is 479 g/mol. The van der Waals surface area contributed by atoms with E-state index in [1.165, 1.54) is 0 Å². The highest BCUT2D eigenvalue weighted by Crippen LogP contribution is 2.39. The number of amides is 1. The molecule has 0 unspecified atom stereocenters. The lowest BCUT2D eigenvalue weighted by atomic mass is 9.82. The fourth-order valence-electron chi connectivity index (χ4n) is 5.53. The first-order chi connectivity index (χ1) is 16.8. The van der Waals surface area contributed by atoms with Crippen molar-refractivity contribution in [2.45, 2.75) is 37.8 Å². The lowest BCUT2D eigenvalue weighted by Gasteiger charge is -2.44. The number of hydrogen-bond donors (Lipinski definition) is 4. The second-order valence-corrected chi connectivity index (χ2v) is 9.34. The van der Waals surface area contributed by atoms with E-state index in [4.69, 9.17) is 5.11 Å². The summed E-state index contributed by atoms with van der Waals surface area (Å²) in [7, 11) is 0. The number of likely N-dealkylation sites (tertiary alicyclic amines) is 1. The molecule has 1 saturated heterocycles. The van der Waals surface area contributed by atoms with Crippen molar-refractivity contribution in [2.24, 2.45) is 5.92 Å². The van der Waals surface area contributed by atoms with Crippen LogP contribution in [0.4, 0.5) is 5.69 Å². The van der Waals surface area contributed by atoms with Crippen LogP contribution in [0.15, 0.2) is 47.4 Å². The maximum atomic E-state index is 12.5. The van der Waals surface area contributed by atoms with Gasteiger partial charge in [-0.3, -0.25) is 24.1 Å². The number of nitrogens with one attached hydrogen (secondary N) is 2. The summed E-state index contributed by atoms with van der Waals surface area (Å²) in [4.78, 5) is 52.6. The number of nitrogens with zero attached hydrogens (tertiary/aromatic N) is 2. The van der Waals surface area contributed by atoms with E-state index < -0.39 is 23.9 Å². The van der Waals surface area contributed by atoms with Crippen LogP contribution in [0.2, 0.25) is 0 Å². The third-order valence-corrected chi connectivity index (χ3v) is 6.97. The molecule has 35 heavy (non-hydrogen) atoms. The molecule has 0 spiro atoms. The van der Waals surface area contributed by atoms with E-state index in [0.29, 0.717) is 36.4 Å². The summed E-state index contributed by atoms with van der Waals surface area (Å²) in [5.41, 5.74) is 2.77. The quantitative estimate of drug-likeness (QED) is 0.408. The number of rotatable bonds is 7. The number of carboxylic acid groups (broad SMARTS) is 2. The fraction of sp³-hybridized carbons (Fsp3) is 0.360. The molecule has 3 atom stereocenters. The number of benzene rings is 1. The van der Waals surface area contributed by atoms with Gasteiger partial charge in [-0.25, -0.2) is 0 Å². The maximum Gasteiger partial charge on any atom is 0.325 e. The van der Waals surface area contributed by atoms with Gasteiger partial charge in [0.25, 0.3) is 5.56 Å². The predicted molar refractivity (Wildman–Crippen MR) is 127 cm³/mol. The monoisotopic (exact) mass is 478 g/mol. The number of carbonyl (C=O) groups is 3. The van der Waals surface area contributed by atoms with Gasteiger partial charge in [-0.1, -0.05) is 12.1 Å². The summed E-state index contributed by atoms with van der Waals surface area (Å²) in [5, 5.41) is 22.4. The Kier molecular flexibility index (Phi) is 5.89. The molecule has 1 aromatic carbocycles. The minimum atomic E-state index is -1.04. The molecule has 5 rings (SSSR count). The molecule has 4 N–H and O–H groups in total. The summed E-state index contributed by atoms with van der Waals surface area (Å²) < 4.78 is 1.82. The minimum Gasteiger partial charge on any atom is -0.481 e. The van der Waals surface area contributed by atoms with Crippen LogP contribution in [0.3, 0.4) is 0 Å². The standard InChI is InChI=1S/C25H26N4O6/c30-21(6-7-23(32)33)27-16-4-5-17-18(10-26-19(17)9-16)24(25(34)35)28-11-14-8-15(13-28)20-2-1-3-22(31)29(20)12-14/h1-5,9-10,14-15,24,26H,6-8,11-13H2,(H,27,30)(H,32,33)(H,34,35)/t14-,15-,24+/m0/s1. The van der Waals surface area contributed by atoms with Crippen molar-refractivity contribution in [3.8, 4) is 0 Å². The van der Waals surface area contributed by atoms with Gasteiger partial charge < -0.3 is 25.1 Å². The number of anilines is 1. The second kappa shape index (κ2) is 9.03. The first kappa shape index (κ1) is 22.9. The van der Waals surface area contributed by atoms with Crippen molar-refractivity contribution in [1.29, 1.82) is 0 Å². The molecule has 182 valence electrons. The molecule has 0 saturated carbocycles. The molecule has 2 aliphatic heterocycles. The Morgan fingerprint density at radius 2 is 1.91 bits per heavy atom. The van der Waals surface area contributed by atoms with Gasteiger partial charge in [0, 0.05) is 72.1 Å². The van der Waals surface area contributed by atoms with Gasteiger partial charge in [-0.15, -0.1) is 0 Å². The van der Waals surface area contributed by atoms with Crippen LogP contribution in [0.25, 0.3) is 10.9 Å². The molecule has 3 aromatic rings. The van der Waals surface area contributed by atoms with Crippen LogP contribution in [0.1, 0.15) is 42.5 Å². The number of H-pyrrole nitrogens is 1. The molecule has 2 aromatic heterocycles. The van der Waals surface area contributed by atoms with Crippen molar-refractivity contribution < 1.29 is 24.6 Å². The van der Waals surface area contributed by atoms with Crippen molar-refractivity contribution in [1.82, 2.24) is 14.5 Å². The normalized spacial score (nSPS) is 20.2. The fourth-order valence-corrected chi connectivity index (χ4v) is 5.53. The highest BCUT2D eigenvalue weighted by atomic mass is 16.4. The number of aromatic amines is 1. The molecule has 4 heterocycles. The summed E-state index contributed by atoms with van der Waals surface area (Å²) in [6, 6.07) is 9.60. The Balaban J connectivity index is 1.40. The van der Waals surface area contributed by atoms with Crippen LogP contribution in [0, 0.1) is 5.92 Å². The van der Waals surface area contributed by atoms with Crippen LogP contribution < -0.4 is 10.9 Å². The van der Waals surface area contributed by atoms with Gasteiger partial charge in [0.15, 0.2) is 0 Å². The zero-order valence-corrected chi connectivity index (χ0v) is 18.9. The Hall–Kier alpha value is -3.92. The smallest absolute Gasteiger partial charge is 0.325 e. The molecule has 2 bridgehead atoms. The number of pyridine rings is 1. The summed E-state index contributed by atoms with van der Waals surface area (Å²) >= 11 is 0. The zero-order valence-electron chi connectivity index (χ0n) is 18.9. The van der Waals surface area contributed by atoms with E-state index >= 15 is 0 Å². The lowest BCUT2D eigenvalue weighted by Crippen LogP contribution is -2.49. The van der Waals surface area contributed by atoms with Gasteiger partial charge in [0.05, 0.1) is 6.42 Å². The van der Waals surface area contributed by atoms with Gasteiger partial charge in [0.2, 0.25) is 5.91 Å². The van der Waals surface area contributed by atoms with Crippen LogP contribution in [-0.4, -0.2) is 55.6 Å². The van der Waals surface area contributed by atoms with Crippen LogP contribution in [-0.2, 0) is 20.9 Å². The maximum absolute atomic E-state index is 12.5. The third-order valence-electron chi connectivity index (χ3n) is 6.97. The Labute approximate surface area is 200 Å². The number of carbonyl (C=O) groups excluding carboxylic acids is 1.